The summed E-state index contributed by atoms with van der Waals surface area (Å²) in [6, 6.07) is 0. The second-order valence-corrected chi connectivity index (χ2v) is 7.26. The predicted molar refractivity (Wildman–Crippen MR) is 73.7 cm³/mol. The summed E-state index contributed by atoms with van der Waals surface area (Å²) >= 11 is 0. The van der Waals surface area contributed by atoms with Crippen molar-refractivity contribution in [1.82, 2.24) is 4.90 Å². The zero-order valence-electron chi connectivity index (χ0n) is 12.0. The molecule has 2 bridgehead atoms. The highest BCUT2D eigenvalue weighted by Gasteiger charge is 2.65. The molecule has 2 heterocycles. The minimum absolute atomic E-state index is 0.179. The van der Waals surface area contributed by atoms with Gasteiger partial charge in [-0.1, -0.05) is 13.0 Å². The second-order valence-electron chi connectivity index (χ2n) is 7.26. The number of rotatable bonds is 0. The average molecular weight is 277 g/mol. The quantitative estimate of drug-likeness (QED) is 0.691. The molecule has 1 spiro atoms. The van der Waals surface area contributed by atoms with Crippen molar-refractivity contribution in [2.75, 3.05) is 13.1 Å². The maximum absolute atomic E-state index is 12.5. The molecule has 110 valence electrons. The van der Waals surface area contributed by atoms with Gasteiger partial charge in [0.15, 0.2) is 0 Å². The zero-order valence-corrected chi connectivity index (χ0v) is 12.0. The van der Waals surface area contributed by atoms with Crippen LogP contribution in [0.1, 0.15) is 32.6 Å². The van der Waals surface area contributed by atoms with Gasteiger partial charge in [-0.3, -0.25) is 4.79 Å². The molecular weight excluding hydrogens is 254 g/mol. The molecule has 2 saturated heterocycles. The van der Waals surface area contributed by atoms with Gasteiger partial charge in [-0.25, -0.2) is 0 Å². The normalized spacial score (nSPS) is 50.5. The smallest absolute Gasteiger partial charge is 0.137 e. The molecule has 2 N–H and O–H groups in total. The summed E-state index contributed by atoms with van der Waals surface area (Å²) in [6.45, 7) is 3.61. The number of ketones is 1. The Hall–Kier alpha value is -0.870. The van der Waals surface area contributed by atoms with Gasteiger partial charge < -0.3 is 15.1 Å². The first-order valence-corrected chi connectivity index (χ1v) is 7.89. The van der Waals surface area contributed by atoms with Gasteiger partial charge >= 0.3 is 0 Å². The number of piperidine rings is 1. The monoisotopic (exact) mass is 277 g/mol. The van der Waals surface area contributed by atoms with Crippen LogP contribution in [-0.2, 0) is 4.79 Å². The first kappa shape index (κ1) is 12.8. The number of aliphatic hydroxyl groups excluding tert-OH is 2. The Bertz CT molecular complexity index is 488. The third-order valence-electron chi connectivity index (χ3n) is 6.13. The maximum atomic E-state index is 12.5. The molecule has 6 atom stereocenters. The lowest BCUT2D eigenvalue weighted by Crippen LogP contribution is -2.55. The van der Waals surface area contributed by atoms with Gasteiger partial charge in [-0.2, -0.15) is 0 Å². The highest BCUT2D eigenvalue weighted by Crippen LogP contribution is 2.62. The Morgan fingerprint density at radius 3 is 2.95 bits per heavy atom. The van der Waals surface area contributed by atoms with E-state index in [0.717, 1.165) is 19.4 Å². The maximum Gasteiger partial charge on any atom is 0.137 e. The second kappa shape index (κ2) is 4.08. The molecule has 2 aliphatic heterocycles. The summed E-state index contributed by atoms with van der Waals surface area (Å²) in [5.41, 5.74) is 0.784. The number of allylic oxidation sites excluding steroid dienone is 1. The van der Waals surface area contributed by atoms with E-state index in [1.165, 1.54) is 5.70 Å². The first-order valence-electron chi connectivity index (χ1n) is 7.89. The molecule has 0 amide bonds. The fourth-order valence-corrected chi connectivity index (χ4v) is 5.51. The molecule has 4 heteroatoms. The lowest BCUT2D eigenvalue weighted by molar-refractivity contribution is -0.125. The molecule has 0 radical (unpaired) electrons. The number of carbonyl (C=O) groups is 1. The Labute approximate surface area is 119 Å². The lowest BCUT2D eigenvalue weighted by Gasteiger charge is -2.53. The number of hydrogen-bond donors (Lipinski definition) is 2. The molecule has 0 aromatic carbocycles. The van der Waals surface area contributed by atoms with E-state index in [9.17, 15) is 15.0 Å². The number of Topliss-reactive ketones (excluding diaryl/α,β-unsaturated/α-hetero) is 1. The van der Waals surface area contributed by atoms with Crippen LogP contribution in [0.15, 0.2) is 11.8 Å². The fourth-order valence-electron chi connectivity index (χ4n) is 5.51. The van der Waals surface area contributed by atoms with E-state index in [2.05, 4.69) is 17.9 Å². The molecule has 20 heavy (non-hydrogen) atoms. The van der Waals surface area contributed by atoms with Crippen LogP contribution in [0.5, 0.6) is 0 Å². The van der Waals surface area contributed by atoms with E-state index in [0.29, 0.717) is 25.3 Å². The van der Waals surface area contributed by atoms with E-state index in [-0.39, 0.29) is 23.0 Å². The van der Waals surface area contributed by atoms with Crippen molar-refractivity contribution in [3.05, 3.63) is 11.8 Å². The summed E-state index contributed by atoms with van der Waals surface area (Å²) in [5, 5.41) is 21.1. The third kappa shape index (κ3) is 1.41. The van der Waals surface area contributed by atoms with E-state index in [1.807, 2.05) is 0 Å². The van der Waals surface area contributed by atoms with Crippen molar-refractivity contribution >= 4 is 5.78 Å². The first-order chi connectivity index (χ1) is 9.53. The highest BCUT2D eigenvalue weighted by molar-refractivity contribution is 5.86. The lowest BCUT2D eigenvalue weighted by atomic mass is 9.58. The van der Waals surface area contributed by atoms with Crippen LogP contribution in [-0.4, -0.2) is 46.2 Å². The van der Waals surface area contributed by atoms with Gasteiger partial charge in [-0.05, 0) is 31.1 Å². The van der Waals surface area contributed by atoms with Crippen LogP contribution in [0.4, 0.5) is 0 Å². The summed E-state index contributed by atoms with van der Waals surface area (Å²) in [4.78, 5) is 14.8. The number of hydrogen-bond acceptors (Lipinski definition) is 4. The van der Waals surface area contributed by atoms with Gasteiger partial charge in [-0.15, -0.1) is 0 Å². The Morgan fingerprint density at radius 1 is 1.35 bits per heavy atom. The van der Waals surface area contributed by atoms with Crippen LogP contribution < -0.4 is 0 Å². The number of aliphatic hydroxyl groups is 2. The third-order valence-corrected chi connectivity index (χ3v) is 6.13. The standard InChI is InChI=1S/C16H23NO3/c1-9-4-10-6-13(19)12-7-11(18)8-17-3-2-15(20)16(10,12)14(17)5-9/h5,9-12,15,18,20H,2-4,6-8H2,1H3/t9-,10+,11+,12-,15-,16-/m1/s1. The molecule has 2 aliphatic carbocycles. The Morgan fingerprint density at radius 2 is 2.15 bits per heavy atom. The van der Waals surface area contributed by atoms with Crippen LogP contribution in [0.3, 0.4) is 0 Å². The van der Waals surface area contributed by atoms with Gasteiger partial charge in [0.25, 0.3) is 0 Å². The van der Waals surface area contributed by atoms with E-state index in [1.54, 1.807) is 0 Å². The Balaban J connectivity index is 1.94. The van der Waals surface area contributed by atoms with E-state index < -0.39 is 12.2 Å². The SMILES string of the molecule is C[C@H]1C=C2N3CC[C@@H](O)[C@@]24[C@H](CC(=O)[C@H]4C[C@H](O)C3)C1. The topological polar surface area (TPSA) is 60.8 Å². The van der Waals surface area contributed by atoms with Gasteiger partial charge in [0, 0.05) is 36.5 Å². The van der Waals surface area contributed by atoms with E-state index >= 15 is 0 Å². The van der Waals surface area contributed by atoms with Crippen LogP contribution >= 0.6 is 0 Å². The van der Waals surface area contributed by atoms with Crippen molar-refractivity contribution in [1.29, 1.82) is 0 Å². The molecule has 4 nitrogen and oxygen atoms in total. The van der Waals surface area contributed by atoms with Crippen LogP contribution in [0.2, 0.25) is 0 Å². The molecule has 0 aromatic heterocycles. The molecule has 4 aliphatic rings. The van der Waals surface area contributed by atoms with Gasteiger partial charge in [0.2, 0.25) is 0 Å². The minimum atomic E-state index is -0.452. The molecule has 0 unspecified atom stereocenters. The van der Waals surface area contributed by atoms with Crippen LogP contribution in [0.25, 0.3) is 0 Å². The summed E-state index contributed by atoms with van der Waals surface area (Å²) in [5.74, 6) is 0.800. The van der Waals surface area contributed by atoms with Gasteiger partial charge in [0.05, 0.1) is 12.2 Å². The highest BCUT2D eigenvalue weighted by atomic mass is 16.3. The van der Waals surface area contributed by atoms with Crippen molar-refractivity contribution in [2.24, 2.45) is 23.2 Å². The van der Waals surface area contributed by atoms with Crippen LogP contribution in [0, 0.1) is 23.2 Å². The van der Waals surface area contributed by atoms with Crippen molar-refractivity contribution in [3.8, 4) is 0 Å². The number of carbonyl (C=O) groups excluding carboxylic acids is 1. The Kier molecular flexibility index (Phi) is 2.62. The van der Waals surface area contributed by atoms with Crippen molar-refractivity contribution in [2.45, 2.75) is 44.8 Å². The zero-order chi connectivity index (χ0) is 14.1. The minimum Gasteiger partial charge on any atom is -0.392 e. The molecule has 3 fully saturated rings. The molecule has 4 rings (SSSR count). The molecular formula is C16H23NO3. The summed E-state index contributed by atoms with van der Waals surface area (Å²) < 4.78 is 0. The average Bonchev–Trinajstić information content (AvgIpc) is 2.59. The number of nitrogens with zero attached hydrogens (tertiary/aromatic N) is 1. The molecule has 1 saturated carbocycles. The van der Waals surface area contributed by atoms with Gasteiger partial charge in [0.1, 0.15) is 5.78 Å². The van der Waals surface area contributed by atoms with E-state index in [4.69, 9.17) is 0 Å². The predicted octanol–water partition coefficient (Wildman–Crippen LogP) is 0.933. The van der Waals surface area contributed by atoms with Crippen molar-refractivity contribution in [3.63, 3.8) is 0 Å². The fraction of sp³-hybridized carbons (Fsp3) is 0.812. The largest absolute Gasteiger partial charge is 0.392 e. The van der Waals surface area contributed by atoms with Crippen molar-refractivity contribution < 1.29 is 15.0 Å². The molecule has 0 aromatic rings. The summed E-state index contributed by atoms with van der Waals surface area (Å²) in [6.07, 6.45) is 4.21. The summed E-state index contributed by atoms with van der Waals surface area (Å²) in [7, 11) is 0.